The number of nitrogens with zero attached hydrogens (tertiary/aromatic N) is 1. The zero-order valence-electron chi connectivity index (χ0n) is 8.12. The van der Waals surface area contributed by atoms with Crippen molar-refractivity contribution in [2.45, 2.75) is 19.3 Å². The Morgan fingerprint density at radius 2 is 2.15 bits per heavy atom. The molecule has 1 fully saturated rings. The molecule has 1 saturated heterocycles. The molecule has 1 heterocycles. The highest BCUT2D eigenvalue weighted by Crippen LogP contribution is 2.55. The molecule has 0 atom stereocenters. The molecule has 0 aromatic heterocycles. The van der Waals surface area contributed by atoms with Gasteiger partial charge in [0, 0.05) is 5.75 Å². The fraction of sp³-hybridized carbons (Fsp3) is 0.778. The average Bonchev–Trinajstić information content (AvgIpc) is 2.63. The predicted molar refractivity (Wildman–Crippen MR) is 57.6 cm³/mol. The summed E-state index contributed by atoms with van der Waals surface area (Å²) in [5, 5.41) is 0. The summed E-state index contributed by atoms with van der Waals surface area (Å²) < 4.78 is 8.86. The van der Waals surface area contributed by atoms with Crippen molar-refractivity contribution in [3.8, 4) is 0 Å². The van der Waals surface area contributed by atoms with Gasteiger partial charge in [-0.15, -0.1) is 10.2 Å². The maximum absolute atomic E-state index is 11.0. The number of methoxy groups -OCH3 is 1. The van der Waals surface area contributed by atoms with Crippen molar-refractivity contribution in [2.75, 3.05) is 24.4 Å². The molecule has 0 aliphatic carbocycles. The summed E-state index contributed by atoms with van der Waals surface area (Å²) in [5.41, 5.74) is 0. The first-order valence-corrected chi connectivity index (χ1v) is 6.63. The number of hydrogen-bond acceptors (Lipinski definition) is 3. The van der Waals surface area contributed by atoms with Crippen LogP contribution < -0.4 is 0 Å². The van der Waals surface area contributed by atoms with Gasteiger partial charge in [-0.25, -0.2) is 0 Å². The lowest BCUT2D eigenvalue weighted by atomic mass is 10.4. The number of carbonyl (C=O) groups excluding carboxylic acids is 1. The molecule has 1 rings (SSSR count). The van der Waals surface area contributed by atoms with Gasteiger partial charge in [0.25, 0.3) is 0 Å². The third-order valence-electron chi connectivity index (χ3n) is 2.49. The minimum atomic E-state index is -0.891. The molecule has 1 aliphatic heterocycles. The molecule has 3 nitrogen and oxygen atoms in total. The van der Waals surface area contributed by atoms with E-state index in [1.54, 1.807) is 0 Å². The topological polar surface area (TPSA) is 38.7 Å². The van der Waals surface area contributed by atoms with Crippen molar-refractivity contribution in [1.82, 2.24) is 0 Å². The Labute approximate surface area is 81.0 Å². The van der Waals surface area contributed by atoms with Gasteiger partial charge in [0.2, 0.25) is 0 Å². The van der Waals surface area contributed by atoms with E-state index in [4.69, 9.17) is 0 Å². The minimum Gasteiger partial charge on any atom is -0.469 e. The molecule has 0 N–H and O–H groups in total. The van der Waals surface area contributed by atoms with Gasteiger partial charge < -0.3 is 4.74 Å². The largest absolute Gasteiger partial charge is 0.469 e. The van der Waals surface area contributed by atoms with E-state index < -0.39 is 10.2 Å². The molecule has 4 heteroatoms. The molecule has 0 amide bonds. The van der Waals surface area contributed by atoms with Crippen LogP contribution in [0.2, 0.25) is 0 Å². The smallest absolute Gasteiger partial charge is 0.306 e. The lowest BCUT2D eigenvalue weighted by Crippen LogP contribution is -2.10. The molecular formula is C9H17NO2S. The van der Waals surface area contributed by atoms with Crippen LogP contribution in [0.15, 0.2) is 4.40 Å². The Morgan fingerprint density at radius 3 is 2.62 bits per heavy atom. The number of carbonyl (C=O) groups is 1. The van der Waals surface area contributed by atoms with E-state index in [1.165, 1.54) is 20.0 Å². The highest BCUT2D eigenvalue weighted by Gasteiger charge is 2.27. The van der Waals surface area contributed by atoms with Gasteiger partial charge in [0.1, 0.15) is 0 Å². The Kier molecular flexibility index (Phi) is 3.78. The van der Waals surface area contributed by atoms with Crippen molar-refractivity contribution in [2.24, 2.45) is 4.40 Å². The van der Waals surface area contributed by atoms with Gasteiger partial charge >= 0.3 is 5.97 Å². The zero-order chi connectivity index (χ0) is 9.73. The average molecular weight is 203 g/mol. The lowest BCUT2D eigenvalue weighted by molar-refractivity contribution is -0.140. The summed E-state index contributed by atoms with van der Waals surface area (Å²) in [6.45, 7) is 3.65. The van der Waals surface area contributed by atoms with Gasteiger partial charge in [-0.05, 0) is 31.1 Å². The van der Waals surface area contributed by atoms with E-state index in [1.807, 2.05) is 0 Å². The summed E-state index contributed by atoms with van der Waals surface area (Å²) in [6.07, 6.45) is 3.00. The Bertz CT molecular complexity index is 200. The Balaban J connectivity index is 2.40. The third kappa shape index (κ3) is 2.72. The van der Waals surface area contributed by atoms with Crippen molar-refractivity contribution in [1.29, 1.82) is 0 Å². The Morgan fingerprint density at radius 1 is 1.54 bits per heavy atom. The second kappa shape index (κ2) is 4.65. The third-order valence-corrected chi connectivity index (χ3v) is 6.10. The van der Waals surface area contributed by atoms with Crippen molar-refractivity contribution in [3.63, 3.8) is 0 Å². The maximum Gasteiger partial charge on any atom is 0.306 e. The summed E-state index contributed by atoms with van der Waals surface area (Å²) in [5.74, 6) is 3.08. The SMILES string of the molecule is C=NS1(CCC(=O)OC)CCCC1. The normalized spacial score (nSPS) is 22.2. The first-order chi connectivity index (χ1) is 6.22. The van der Waals surface area contributed by atoms with Crippen molar-refractivity contribution in [3.05, 3.63) is 0 Å². The number of esters is 1. The molecule has 0 aromatic rings. The van der Waals surface area contributed by atoms with E-state index in [2.05, 4.69) is 15.9 Å². The summed E-state index contributed by atoms with van der Waals surface area (Å²) >= 11 is 0. The molecule has 1 aliphatic rings. The van der Waals surface area contributed by atoms with Crippen LogP contribution in [0.25, 0.3) is 0 Å². The van der Waals surface area contributed by atoms with Crippen LogP contribution in [-0.4, -0.2) is 37.1 Å². The van der Waals surface area contributed by atoms with Gasteiger partial charge in [-0.2, -0.15) is 0 Å². The molecule has 0 spiro atoms. The van der Waals surface area contributed by atoms with E-state index in [9.17, 15) is 4.79 Å². The van der Waals surface area contributed by atoms with Crippen molar-refractivity contribution >= 4 is 22.9 Å². The van der Waals surface area contributed by atoms with Crippen LogP contribution in [0.3, 0.4) is 0 Å². The lowest BCUT2D eigenvalue weighted by Gasteiger charge is -2.29. The monoisotopic (exact) mass is 203 g/mol. The predicted octanol–water partition coefficient (Wildman–Crippen LogP) is 1.76. The fourth-order valence-corrected chi connectivity index (χ4v) is 4.65. The highest BCUT2D eigenvalue weighted by atomic mass is 32.3. The van der Waals surface area contributed by atoms with Crippen LogP contribution in [0.1, 0.15) is 19.3 Å². The molecule has 0 aromatic carbocycles. The quantitative estimate of drug-likeness (QED) is 0.516. The van der Waals surface area contributed by atoms with Gasteiger partial charge in [-0.1, -0.05) is 0 Å². The molecule has 0 radical (unpaired) electrons. The van der Waals surface area contributed by atoms with Crippen LogP contribution in [0.4, 0.5) is 0 Å². The second-order valence-corrected chi connectivity index (χ2v) is 6.76. The molecule has 0 unspecified atom stereocenters. The first-order valence-electron chi connectivity index (χ1n) is 4.53. The number of ether oxygens (including phenoxy) is 1. The molecule has 0 bridgehead atoms. The van der Waals surface area contributed by atoms with Crippen LogP contribution >= 0.6 is 10.2 Å². The molecule has 13 heavy (non-hydrogen) atoms. The molecule has 0 saturated carbocycles. The van der Waals surface area contributed by atoms with Crippen LogP contribution in [-0.2, 0) is 9.53 Å². The maximum atomic E-state index is 11.0. The first kappa shape index (κ1) is 10.6. The molecule has 76 valence electrons. The molecular weight excluding hydrogens is 186 g/mol. The van der Waals surface area contributed by atoms with Crippen LogP contribution in [0.5, 0.6) is 0 Å². The van der Waals surface area contributed by atoms with Gasteiger partial charge in [0.15, 0.2) is 0 Å². The number of rotatable bonds is 4. The minimum absolute atomic E-state index is 0.123. The van der Waals surface area contributed by atoms with E-state index >= 15 is 0 Å². The van der Waals surface area contributed by atoms with Crippen LogP contribution in [0, 0.1) is 0 Å². The van der Waals surface area contributed by atoms with E-state index in [0.29, 0.717) is 6.42 Å². The fourth-order valence-electron chi connectivity index (χ4n) is 1.62. The highest BCUT2D eigenvalue weighted by molar-refractivity contribution is 8.32. The van der Waals surface area contributed by atoms with Gasteiger partial charge in [0.05, 0.1) is 13.5 Å². The zero-order valence-corrected chi connectivity index (χ0v) is 8.94. The van der Waals surface area contributed by atoms with E-state index in [-0.39, 0.29) is 5.97 Å². The van der Waals surface area contributed by atoms with Gasteiger partial charge in [-0.3, -0.25) is 9.19 Å². The summed E-state index contributed by atoms with van der Waals surface area (Å²) in [7, 11) is 0.540. The summed E-state index contributed by atoms with van der Waals surface area (Å²) in [6, 6.07) is 0. The summed E-state index contributed by atoms with van der Waals surface area (Å²) in [4.78, 5) is 11.0. The Hall–Kier alpha value is -0.510. The van der Waals surface area contributed by atoms with Crippen molar-refractivity contribution < 1.29 is 9.53 Å². The number of hydrogen-bond donors (Lipinski definition) is 0. The van der Waals surface area contributed by atoms with E-state index in [0.717, 1.165) is 17.3 Å². The standard InChI is InChI=1S/C9H17NO2S/c1-10-13(6-3-4-7-13)8-5-9(11)12-2/h1,3-8H2,2H3. The second-order valence-electron chi connectivity index (χ2n) is 3.27.